The van der Waals surface area contributed by atoms with E-state index in [4.69, 9.17) is 5.73 Å². The van der Waals surface area contributed by atoms with E-state index in [2.05, 4.69) is 45.7 Å². The highest BCUT2D eigenvalue weighted by molar-refractivity contribution is 9.10. The van der Waals surface area contributed by atoms with Crippen molar-refractivity contribution in [3.05, 3.63) is 28.9 Å². The molecule has 3 rings (SSSR count). The predicted molar refractivity (Wildman–Crippen MR) is 93.7 cm³/mol. The van der Waals surface area contributed by atoms with Crippen molar-refractivity contribution in [2.45, 2.75) is 33.1 Å². The third-order valence-electron chi connectivity index (χ3n) is 5.08. The van der Waals surface area contributed by atoms with Crippen molar-refractivity contribution in [3.8, 4) is 0 Å². The van der Waals surface area contributed by atoms with Crippen LogP contribution in [0.4, 0.5) is 11.4 Å². The summed E-state index contributed by atoms with van der Waals surface area (Å²) in [6.45, 7) is 6.78. The van der Waals surface area contributed by atoms with Crippen molar-refractivity contribution in [1.82, 2.24) is 4.98 Å². The van der Waals surface area contributed by atoms with Gasteiger partial charge in [0.05, 0.1) is 23.1 Å². The third kappa shape index (κ3) is 2.50. The summed E-state index contributed by atoms with van der Waals surface area (Å²) in [5.41, 5.74) is 9.65. The maximum atomic E-state index is 6.27. The number of hydrogen-bond donors (Lipinski definition) is 1. The van der Waals surface area contributed by atoms with Crippen molar-refractivity contribution in [2.24, 2.45) is 5.41 Å². The van der Waals surface area contributed by atoms with E-state index < -0.39 is 0 Å². The lowest BCUT2D eigenvalue weighted by Crippen LogP contribution is -2.27. The molecule has 3 nitrogen and oxygen atoms in total. The van der Waals surface area contributed by atoms with Gasteiger partial charge in [0.1, 0.15) is 0 Å². The molecular weight excluding hydrogens is 326 g/mol. The number of hydrogen-bond acceptors (Lipinski definition) is 3. The highest BCUT2D eigenvalue weighted by Gasteiger charge is 2.36. The summed E-state index contributed by atoms with van der Waals surface area (Å²) in [4.78, 5) is 6.92. The second-order valence-corrected chi connectivity index (χ2v) is 7.02. The Kier molecular flexibility index (Phi) is 3.82. The molecule has 1 fully saturated rings. The van der Waals surface area contributed by atoms with Gasteiger partial charge in [-0.05, 0) is 42.9 Å². The summed E-state index contributed by atoms with van der Waals surface area (Å²) in [5.74, 6) is 0. The summed E-state index contributed by atoms with van der Waals surface area (Å²) in [6.07, 6.45) is 5.50. The summed E-state index contributed by atoms with van der Waals surface area (Å²) in [7, 11) is 0. The SMILES string of the molecule is CCC1(CC)CCN(c2c(N)cnc3ccc(Br)cc23)C1. The van der Waals surface area contributed by atoms with Crippen LogP contribution >= 0.6 is 15.9 Å². The fraction of sp³-hybridized carbons (Fsp3) is 0.471. The number of nitrogens with zero attached hydrogens (tertiary/aromatic N) is 2. The smallest absolute Gasteiger partial charge is 0.0745 e. The molecule has 4 heteroatoms. The summed E-state index contributed by atoms with van der Waals surface area (Å²) in [5, 5.41) is 1.15. The topological polar surface area (TPSA) is 42.1 Å². The van der Waals surface area contributed by atoms with Gasteiger partial charge in [-0.2, -0.15) is 0 Å². The van der Waals surface area contributed by atoms with Crippen LogP contribution < -0.4 is 10.6 Å². The van der Waals surface area contributed by atoms with E-state index in [0.29, 0.717) is 5.41 Å². The largest absolute Gasteiger partial charge is 0.396 e. The van der Waals surface area contributed by atoms with E-state index >= 15 is 0 Å². The summed E-state index contributed by atoms with van der Waals surface area (Å²) in [6, 6.07) is 6.21. The lowest BCUT2D eigenvalue weighted by molar-refractivity contribution is 0.301. The monoisotopic (exact) mass is 347 g/mol. The van der Waals surface area contributed by atoms with Gasteiger partial charge in [0.2, 0.25) is 0 Å². The zero-order valence-electron chi connectivity index (χ0n) is 12.7. The molecule has 0 spiro atoms. The second kappa shape index (κ2) is 5.48. The zero-order chi connectivity index (χ0) is 15.0. The Morgan fingerprint density at radius 3 is 2.76 bits per heavy atom. The minimum atomic E-state index is 0.439. The number of halogens is 1. The highest BCUT2D eigenvalue weighted by atomic mass is 79.9. The normalized spacial score (nSPS) is 17.6. The number of fused-ring (bicyclic) bond motifs is 1. The van der Waals surface area contributed by atoms with Gasteiger partial charge in [-0.3, -0.25) is 4.98 Å². The van der Waals surface area contributed by atoms with Gasteiger partial charge in [-0.15, -0.1) is 0 Å². The molecule has 1 aliphatic heterocycles. The first kappa shape index (κ1) is 14.6. The molecule has 0 amide bonds. The molecule has 0 atom stereocenters. The summed E-state index contributed by atoms with van der Waals surface area (Å²) < 4.78 is 1.07. The van der Waals surface area contributed by atoms with Gasteiger partial charge in [-0.1, -0.05) is 29.8 Å². The van der Waals surface area contributed by atoms with Gasteiger partial charge in [0.25, 0.3) is 0 Å². The third-order valence-corrected chi connectivity index (χ3v) is 5.58. The zero-order valence-corrected chi connectivity index (χ0v) is 14.3. The molecule has 1 aromatic heterocycles. The van der Waals surface area contributed by atoms with Crippen molar-refractivity contribution < 1.29 is 0 Å². The van der Waals surface area contributed by atoms with Crippen LogP contribution in [-0.2, 0) is 0 Å². The Labute approximate surface area is 134 Å². The number of rotatable bonds is 3. The molecule has 0 bridgehead atoms. The van der Waals surface area contributed by atoms with Crippen LogP contribution in [0.5, 0.6) is 0 Å². The average molecular weight is 348 g/mol. The lowest BCUT2D eigenvalue weighted by atomic mass is 9.82. The van der Waals surface area contributed by atoms with E-state index in [1.54, 1.807) is 6.20 Å². The number of anilines is 2. The number of nitrogen functional groups attached to an aromatic ring is 1. The van der Waals surface area contributed by atoms with Crippen LogP contribution in [0, 0.1) is 5.41 Å². The molecule has 1 saturated heterocycles. The van der Waals surface area contributed by atoms with E-state index in [1.807, 2.05) is 12.1 Å². The molecule has 2 heterocycles. The van der Waals surface area contributed by atoms with Gasteiger partial charge >= 0.3 is 0 Å². The van der Waals surface area contributed by atoms with E-state index in [1.165, 1.54) is 19.3 Å². The van der Waals surface area contributed by atoms with Crippen molar-refractivity contribution >= 4 is 38.2 Å². The molecule has 0 aliphatic carbocycles. The molecule has 0 unspecified atom stereocenters. The summed E-state index contributed by atoms with van der Waals surface area (Å²) >= 11 is 3.56. The van der Waals surface area contributed by atoms with Gasteiger partial charge < -0.3 is 10.6 Å². The van der Waals surface area contributed by atoms with Crippen LogP contribution in [0.3, 0.4) is 0 Å². The minimum absolute atomic E-state index is 0.439. The van der Waals surface area contributed by atoms with E-state index in [0.717, 1.165) is 39.8 Å². The molecule has 21 heavy (non-hydrogen) atoms. The molecule has 1 aliphatic rings. The molecular formula is C17H22BrN3. The quantitative estimate of drug-likeness (QED) is 0.882. The number of benzene rings is 1. The Bertz CT molecular complexity index is 659. The Morgan fingerprint density at radius 2 is 2.10 bits per heavy atom. The van der Waals surface area contributed by atoms with E-state index in [9.17, 15) is 0 Å². The van der Waals surface area contributed by atoms with Gasteiger partial charge in [-0.25, -0.2) is 0 Å². The number of pyridine rings is 1. The van der Waals surface area contributed by atoms with Crippen LogP contribution in [0.25, 0.3) is 10.9 Å². The van der Waals surface area contributed by atoms with Crippen molar-refractivity contribution in [2.75, 3.05) is 23.7 Å². The first-order chi connectivity index (χ1) is 10.1. The van der Waals surface area contributed by atoms with Crippen LogP contribution in [0.15, 0.2) is 28.9 Å². The van der Waals surface area contributed by atoms with E-state index in [-0.39, 0.29) is 0 Å². The molecule has 1 aromatic carbocycles. The molecule has 112 valence electrons. The number of aromatic nitrogens is 1. The number of nitrogens with two attached hydrogens (primary N) is 1. The van der Waals surface area contributed by atoms with Gasteiger partial charge in [0.15, 0.2) is 0 Å². The molecule has 2 aromatic rings. The molecule has 2 N–H and O–H groups in total. The predicted octanol–water partition coefficient (Wildman–Crippen LogP) is 4.60. The lowest BCUT2D eigenvalue weighted by Gasteiger charge is -2.28. The fourth-order valence-corrected chi connectivity index (χ4v) is 3.83. The first-order valence-electron chi connectivity index (χ1n) is 7.67. The maximum Gasteiger partial charge on any atom is 0.0745 e. The van der Waals surface area contributed by atoms with Crippen molar-refractivity contribution in [3.63, 3.8) is 0 Å². The average Bonchev–Trinajstić information content (AvgIpc) is 2.91. The van der Waals surface area contributed by atoms with Crippen LogP contribution in [0.1, 0.15) is 33.1 Å². The van der Waals surface area contributed by atoms with Crippen LogP contribution in [-0.4, -0.2) is 18.1 Å². The minimum Gasteiger partial charge on any atom is -0.396 e. The Hall–Kier alpha value is -1.29. The molecule has 0 saturated carbocycles. The Balaban J connectivity index is 2.08. The first-order valence-corrected chi connectivity index (χ1v) is 8.46. The standard InChI is InChI=1S/C17H22BrN3/c1-3-17(4-2)7-8-21(11-17)16-13-9-12(18)5-6-15(13)20-10-14(16)19/h5-6,9-10H,3-4,7-8,11,19H2,1-2H3. The van der Waals surface area contributed by atoms with Gasteiger partial charge in [0, 0.05) is 22.9 Å². The van der Waals surface area contributed by atoms with Crippen molar-refractivity contribution in [1.29, 1.82) is 0 Å². The highest BCUT2D eigenvalue weighted by Crippen LogP contribution is 2.42. The second-order valence-electron chi connectivity index (χ2n) is 6.10. The Morgan fingerprint density at radius 1 is 1.33 bits per heavy atom. The van der Waals surface area contributed by atoms with Crippen LogP contribution in [0.2, 0.25) is 0 Å². The fourth-order valence-electron chi connectivity index (χ4n) is 3.47. The maximum absolute atomic E-state index is 6.27. The molecule has 0 radical (unpaired) electrons.